The van der Waals surface area contributed by atoms with Crippen LogP contribution in [0.1, 0.15) is 31.2 Å². The summed E-state index contributed by atoms with van der Waals surface area (Å²) in [7, 11) is 1.68. The van der Waals surface area contributed by atoms with Crippen molar-refractivity contribution < 1.29 is 14.2 Å². The highest BCUT2D eigenvalue weighted by molar-refractivity contribution is 5.48. The SMILES string of the molecule is COc1cccc(CC2(N)CC2)c1OC1CCCOC1. The second-order valence-corrected chi connectivity index (χ2v) is 5.94. The van der Waals surface area contributed by atoms with E-state index in [9.17, 15) is 0 Å². The first kappa shape index (κ1) is 13.7. The maximum absolute atomic E-state index is 6.25. The van der Waals surface area contributed by atoms with E-state index in [1.165, 1.54) is 0 Å². The first-order chi connectivity index (χ1) is 9.70. The van der Waals surface area contributed by atoms with E-state index in [0.717, 1.165) is 55.8 Å². The average molecular weight is 277 g/mol. The van der Waals surface area contributed by atoms with E-state index in [4.69, 9.17) is 19.9 Å². The predicted octanol–water partition coefficient (Wildman–Crippen LogP) is 2.29. The Kier molecular flexibility index (Phi) is 3.85. The summed E-state index contributed by atoms with van der Waals surface area (Å²) in [5, 5.41) is 0. The Bertz CT molecular complexity index is 465. The molecule has 4 nitrogen and oxygen atoms in total. The summed E-state index contributed by atoms with van der Waals surface area (Å²) < 4.78 is 17.1. The molecule has 2 N–H and O–H groups in total. The zero-order valence-corrected chi connectivity index (χ0v) is 12.1. The third-order valence-electron chi connectivity index (χ3n) is 4.12. The molecular formula is C16H23NO3. The molecule has 0 spiro atoms. The van der Waals surface area contributed by atoms with Gasteiger partial charge in [0.1, 0.15) is 6.10 Å². The predicted molar refractivity (Wildman–Crippen MR) is 77.3 cm³/mol. The van der Waals surface area contributed by atoms with Gasteiger partial charge in [-0.05, 0) is 43.7 Å². The quantitative estimate of drug-likeness (QED) is 0.897. The summed E-state index contributed by atoms with van der Waals surface area (Å²) in [6.45, 7) is 1.50. The van der Waals surface area contributed by atoms with Gasteiger partial charge in [0.25, 0.3) is 0 Å². The summed E-state index contributed by atoms with van der Waals surface area (Å²) >= 11 is 0. The molecule has 2 fully saturated rings. The molecule has 1 aromatic carbocycles. The van der Waals surface area contributed by atoms with Crippen LogP contribution in [0.4, 0.5) is 0 Å². The fraction of sp³-hybridized carbons (Fsp3) is 0.625. The van der Waals surface area contributed by atoms with Gasteiger partial charge >= 0.3 is 0 Å². The van der Waals surface area contributed by atoms with E-state index in [0.29, 0.717) is 6.61 Å². The Morgan fingerprint density at radius 1 is 1.40 bits per heavy atom. The molecule has 1 heterocycles. The maximum Gasteiger partial charge on any atom is 0.164 e. The van der Waals surface area contributed by atoms with E-state index in [1.807, 2.05) is 12.1 Å². The molecule has 1 unspecified atom stereocenters. The van der Waals surface area contributed by atoms with Gasteiger partial charge in [-0.3, -0.25) is 0 Å². The number of rotatable bonds is 5. The van der Waals surface area contributed by atoms with Crippen LogP contribution in [0.5, 0.6) is 11.5 Å². The summed E-state index contributed by atoms with van der Waals surface area (Å²) in [6, 6.07) is 6.04. The molecule has 1 saturated carbocycles. The molecule has 1 aliphatic heterocycles. The molecule has 0 aromatic heterocycles. The van der Waals surface area contributed by atoms with Crippen LogP contribution in [-0.4, -0.2) is 32.0 Å². The van der Waals surface area contributed by atoms with Crippen LogP contribution in [0, 0.1) is 0 Å². The number of methoxy groups -OCH3 is 1. The van der Waals surface area contributed by atoms with Gasteiger partial charge in [-0.2, -0.15) is 0 Å². The van der Waals surface area contributed by atoms with Crippen LogP contribution < -0.4 is 15.2 Å². The Hall–Kier alpha value is -1.26. The van der Waals surface area contributed by atoms with E-state index < -0.39 is 0 Å². The average Bonchev–Trinajstić information content (AvgIpc) is 3.19. The standard InChI is InChI=1S/C16H23NO3/c1-18-14-6-2-4-12(10-16(17)7-8-16)15(14)20-13-5-3-9-19-11-13/h2,4,6,13H,3,5,7-11,17H2,1H3. The topological polar surface area (TPSA) is 53.7 Å². The van der Waals surface area contributed by atoms with E-state index in [2.05, 4.69) is 6.07 Å². The Balaban J connectivity index is 1.81. The van der Waals surface area contributed by atoms with Crippen LogP contribution in [0.25, 0.3) is 0 Å². The zero-order valence-electron chi connectivity index (χ0n) is 12.1. The molecule has 4 heteroatoms. The van der Waals surface area contributed by atoms with E-state index in [1.54, 1.807) is 7.11 Å². The summed E-state index contributed by atoms with van der Waals surface area (Å²) in [4.78, 5) is 0. The fourth-order valence-electron chi connectivity index (χ4n) is 2.68. The lowest BCUT2D eigenvalue weighted by atomic mass is 10.0. The molecule has 2 aliphatic rings. The molecule has 1 atom stereocenters. The first-order valence-electron chi connectivity index (χ1n) is 7.39. The highest BCUT2D eigenvalue weighted by Crippen LogP contribution is 2.41. The van der Waals surface area contributed by atoms with Crippen molar-refractivity contribution in [3.63, 3.8) is 0 Å². The third-order valence-corrected chi connectivity index (χ3v) is 4.12. The van der Waals surface area contributed by atoms with Crippen molar-refractivity contribution in [2.75, 3.05) is 20.3 Å². The van der Waals surface area contributed by atoms with Gasteiger partial charge in [0.15, 0.2) is 11.5 Å². The fourth-order valence-corrected chi connectivity index (χ4v) is 2.68. The lowest BCUT2D eigenvalue weighted by Gasteiger charge is -2.26. The first-order valence-corrected chi connectivity index (χ1v) is 7.39. The Morgan fingerprint density at radius 3 is 2.90 bits per heavy atom. The largest absolute Gasteiger partial charge is 0.493 e. The Morgan fingerprint density at radius 2 is 2.25 bits per heavy atom. The van der Waals surface area contributed by atoms with E-state index >= 15 is 0 Å². The molecule has 3 rings (SSSR count). The van der Waals surface area contributed by atoms with Crippen LogP contribution in [-0.2, 0) is 11.2 Å². The van der Waals surface area contributed by atoms with Gasteiger partial charge in [0.2, 0.25) is 0 Å². The minimum absolute atomic E-state index is 0.0342. The minimum atomic E-state index is -0.0342. The molecular weight excluding hydrogens is 254 g/mol. The highest BCUT2D eigenvalue weighted by Gasteiger charge is 2.39. The van der Waals surface area contributed by atoms with Crippen molar-refractivity contribution in [3.8, 4) is 11.5 Å². The molecule has 1 saturated heterocycles. The second-order valence-electron chi connectivity index (χ2n) is 5.94. The minimum Gasteiger partial charge on any atom is -0.493 e. The van der Waals surface area contributed by atoms with Gasteiger partial charge in [-0.1, -0.05) is 12.1 Å². The van der Waals surface area contributed by atoms with Crippen molar-refractivity contribution in [1.29, 1.82) is 0 Å². The molecule has 1 aromatic rings. The molecule has 0 amide bonds. The van der Waals surface area contributed by atoms with Crippen molar-refractivity contribution >= 4 is 0 Å². The summed E-state index contributed by atoms with van der Waals surface area (Å²) in [5.41, 5.74) is 7.37. The summed E-state index contributed by atoms with van der Waals surface area (Å²) in [5.74, 6) is 1.64. The van der Waals surface area contributed by atoms with Crippen molar-refractivity contribution in [2.24, 2.45) is 5.73 Å². The lowest BCUT2D eigenvalue weighted by Crippen LogP contribution is -2.29. The third kappa shape index (κ3) is 3.07. The van der Waals surface area contributed by atoms with Gasteiger partial charge in [0.05, 0.1) is 13.7 Å². The van der Waals surface area contributed by atoms with Crippen LogP contribution in [0.2, 0.25) is 0 Å². The highest BCUT2D eigenvalue weighted by atomic mass is 16.5. The van der Waals surface area contributed by atoms with Gasteiger partial charge in [0, 0.05) is 12.1 Å². The van der Waals surface area contributed by atoms with Crippen LogP contribution >= 0.6 is 0 Å². The van der Waals surface area contributed by atoms with E-state index in [-0.39, 0.29) is 11.6 Å². The molecule has 0 bridgehead atoms. The molecule has 110 valence electrons. The number of hydrogen-bond acceptors (Lipinski definition) is 4. The molecule has 1 aliphatic carbocycles. The van der Waals surface area contributed by atoms with Crippen LogP contribution in [0.15, 0.2) is 18.2 Å². The van der Waals surface area contributed by atoms with Crippen molar-refractivity contribution in [1.82, 2.24) is 0 Å². The maximum atomic E-state index is 6.25. The number of nitrogens with two attached hydrogens (primary N) is 1. The zero-order chi connectivity index (χ0) is 14.0. The number of ether oxygens (including phenoxy) is 3. The molecule has 20 heavy (non-hydrogen) atoms. The second kappa shape index (κ2) is 5.62. The van der Waals surface area contributed by atoms with Gasteiger partial charge < -0.3 is 19.9 Å². The summed E-state index contributed by atoms with van der Waals surface area (Å²) in [6.07, 6.45) is 5.24. The number of hydrogen-bond donors (Lipinski definition) is 1. The van der Waals surface area contributed by atoms with Crippen LogP contribution in [0.3, 0.4) is 0 Å². The van der Waals surface area contributed by atoms with Gasteiger partial charge in [-0.15, -0.1) is 0 Å². The molecule has 0 radical (unpaired) electrons. The van der Waals surface area contributed by atoms with Crippen molar-refractivity contribution in [2.45, 2.75) is 43.7 Å². The number of para-hydroxylation sites is 1. The number of benzene rings is 1. The smallest absolute Gasteiger partial charge is 0.164 e. The normalized spacial score (nSPS) is 24.2. The van der Waals surface area contributed by atoms with Gasteiger partial charge in [-0.25, -0.2) is 0 Å². The monoisotopic (exact) mass is 277 g/mol. The van der Waals surface area contributed by atoms with Crippen molar-refractivity contribution in [3.05, 3.63) is 23.8 Å². The lowest BCUT2D eigenvalue weighted by molar-refractivity contribution is 0.00599. The Labute approximate surface area is 120 Å².